The summed E-state index contributed by atoms with van der Waals surface area (Å²) in [6.45, 7) is 0. The predicted octanol–water partition coefficient (Wildman–Crippen LogP) is 13.5. The zero-order valence-electron chi connectivity index (χ0n) is 30.3. The van der Waals surface area contributed by atoms with Crippen molar-refractivity contribution in [2.45, 2.75) is 0 Å². The minimum atomic E-state index is 0.700. The molecule has 12 aromatic rings. The van der Waals surface area contributed by atoms with Gasteiger partial charge >= 0.3 is 0 Å². The summed E-state index contributed by atoms with van der Waals surface area (Å²) in [6, 6.07) is 69.7. The topological polar surface area (TPSA) is 35.6 Å². The van der Waals surface area contributed by atoms with Crippen LogP contribution in [-0.4, -0.2) is 19.1 Å². The van der Waals surface area contributed by atoms with E-state index in [2.05, 4.69) is 203 Å². The molecule has 3 heterocycles. The third-order valence-electron chi connectivity index (χ3n) is 11.4. The van der Waals surface area contributed by atoms with Gasteiger partial charge in [0.2, 0.25) is 0 Å². The molecule has 0 saturated carbocycles. The molecule has 0 atom stereocenters. The van der Waals surface area contributed by atoms with Crippen LogP contribution in [0, 0.1) is 0 Å². The van der Waals surface area contributed by atoms with Crippen LogP contribution in [0.25, 0.3) is 110 Å². The summed E-state index contributed by atoms with van der Waals surface area (Å²) in [5.41, 5.74) is 10.8. The van der Waals surface area contributed by atoms with Crippen LogP contribution in [0.15, 0.2) is 194 Å². The van der Waals surface area contributed by atoms with Crippen LogP contribution >= 0.6 is 0 Å². The van der Waals surface area contributed by atoms with E-state index in [4.69, 9.17) is 9.97 Å². The summed E-state index contributed by atoms with van der Waals surface area (Å²) < 4.78 is 4.75. The zero-order chi connectivity index (χ0) is 36.7. The second-order valence-electron chi connectivity index (χ2n) is 14.7. The average molecular weight is 713 g/mol. The van der Waals surface area contributed by atoms with Crippen LogP contribution in [0.3, 0.4) is 0 Å². The quantitative estimate of drug-likeness (QED) is 0.182. The Morgan fingerprint density at radius 1 is 0.304 bits per heavy atom. The van der Waals surface area contributed by atoms with E-state index in [1.165, 1.54) is 65.2 Å². The Labute approximate surface area is 322 Å². The minimum absolute atomic E-state index is 0.700. The number of hydrogen-bond donors (Lipinski definition) is 0. The Balaban J connectivity index is 1.04. The Morgan fingerprint density at radius 3 is 1.62 bits per heavy atom. The molecule has 0 aliphatic heterocycles. The first kappa shape index (κ1) is 30.9. The maximum absolute atomic E-state index is 5.37. The van der Waals surface area contributed by atoms with Crippen LogP contribution in [0.4, 0.5) is 0 Å². The lowest BCUT2D eigenvalue weighted by molar-refractivity contribution is 1.17. The van der Waals surface area contributed by atoms with Crippen molar-refractivity contribution >= 4 is 76.1 Å². The fraction of sp³-hybridized carbons (Fsp3) is 0. The van der Waals surface area contributed by atoms with Crippen molar-refractivity contribution in [1.82, 2.24) is 19.1 Å². The molecular weight excluding hydrogens is 681 g/mol. The fourth-order valence-corrected chi connectivity index (χ4v) is 8.86. The summed E-state index contributed by atoms with van der Waals surface area (Å²) in [6.07, 6.45) is 0. The van der Waals surface area contributed by atoms with Gasteiger partial charge in [0, 0.05) is 49.4 Å². The number of benzene rings is 9. The van der Waals surface area contributed by atoms with E-state index in [0.29, 0.717) is 5.82 Å². The normalized spacial score (nSPS) is 11.9. The number of hydrogen-bond acceptors (Lipinski definition) is 2. The summed E-state index contributed by atoms with van der Waals surface area (Å²) in [5.74, 6) is 0.700. The fourth-order valence-electron chi connectivity index (χ4n) is 8.86. The highest BCUT2D eigenvalue weighted by atomic mass is 15.0. The first-order valence-corrected chi connectivity index (χ1v) is 19.1. The lowest BCUT2D eigenvalue weighted by atomic mass is 10.00. The molecule has 3 aromatic heterocycles. The predicted molar refractivity (Wildman–Crippen MR) is 234 cm³/mol. The van der Waals surface area contributed by atoms with Gasteiger partial charge in [-0.25, -0.2) is 9.97 Å². The molecule has 56 heavy (non-hydrogen) atoms. The van der Waals surface area contributed by atoms with Gasteiger partial charge in [-0.15, -0.1) is 0 Å². The Bertz CT molecular complexity index is 3540. The van der Waals surface area contributed by atoms with Crippen LogP contribution in [0.5, 0.6) is 0 Å². The van der Waals surface area contributed by atoms with E-state index < -0.39 is 0 Å². The molecular formula is C52H32N4. The third kappa shape index (κ3) is 4.66. The van der Waals surface area contributed by atoms with Crippen molar-refractivity contribution in [3.63, 3.8) is 0 Å². The molecule has 12 rings (SSSR count). The first-order chi connectivity index (χ1) is 27.7. The van der Waals surface area contributed by atoms with E-state index in [1.807, 2.05) is 0 Å². The van der Waals surface area contributed by atoms with Crippen molar-refractivity contribution in [2.75, 3.05) is 0 Å². The van der Waals surface area contributed by atoms with Crippen molar-refractivity contribution in [3.05, 3.63) is 194 Å². The Hall–Kier alpha value is -7.56. The van der Waals surface area contributed by atoms with Crippen molar-refractivity contribution in [2.24, 2.45) is 0 Å². The van der Waals surface area contributed by atoms with Crippen LogP contribution in [-0.2, 0) is 0 Å². The molecule has 0 N–H and O–H groups in total. The van der Waals surface area contributed by atoms with E-state index >= 15 is 0 Å². The first-order valence-electron chi connectivity index (χ1n) is 19.1. The molecule has 4 nitrogen and oxygen atoms in total. The lowest BCUT2D eigenvalue weighted by Gasteiger charge is -2.13. The number of fused-ring (bicyclic) bond motifs is 9. The lowest BCUT2D eigenvalue weighted by Crippen LogP contribution is -1.98. The van der Waals surface area contributed by atoms with Gasteiger partial charge in [0.25, 0.3) is 0 Å². The second kappa shape index (κ2) is 12.0. The van der Waals surface area contributed by atoms with Crippen molar-refractivity contribution in [3.8, 4) is 34.0 Å². The van der Waals surface area contributed by atoms with Crippen LogP contribution in [0.2, 0.25) is 0 Å². The molecule has 9 aromatic carbocycles. The minimum Gasteiger partial charge on any atom is -0.309 e. The molecule has 260 valence electrons. The molecule has 0 aliphatic rings. The number of rotatable bonds is 4. The number of aromatic nitrogens is 4. The molecule has 0 spiro atoms. The van der Waals surface area contributed by atoms with E-state index in [0.717, 1.165) is 39.1 Å². The van der Waals surface area contributed by atoms with E-state index in [1.54, 1.807) is 0 Å². The summed E-state index contributed by atoms with van der Waals surface area (Å²) in [7, 11) is 0. The van der Waals surface area contributed by atoms with Crippen molar-refractivity contribution in [1.29, 1.82) is 0 Å². The monoisotopic (exact) mass is 712 g/mol. The maximum atomic E-state index is 5.37. The molecule has 0 bridgehead atoms. The SMILES string of the molecule is c1ccc(-n2c3ccccc3c3cc4ccc(-c5nc(-c6cccc(-n7c8ccccc8c8cc9ccccc9cc87)c6)nc6ccccc56)cc4cc32)cc1. The summed E-state index contributed by atoms with van der Waals surface area (Å²) in [5, 5.41) is 10.8. The van der Waals surface area contributed by atoms with Gasteiger partial charge in [0.1, 0.15) is 0 Å². The maximum Gasteiger partial charge on any atom is 0.160 e. The zero-order valence-corrected chi connectivity index (χ0v) is 30.3. The van der Waals surface area contributed by atoms with Gasteiger partial charge in [0.05, 0.1) is 33.3 Å². The third-order valence-corrected chi connectivity index (χ3v) is 11.4. The van der Waals surface area contributed by atoms with Gasteiger partial charge in [-0.2, -0.15) is 0 Å². The van der Waals surface area contributed by atoms with Crippen LogP contribution in [0.1, 0.15) is 0 Å². The highest BCUT2D eigenvalue weighted by molar-refractivity contribution is 6.15. The molecule has 0 saturated heterocycles. The van der Waals surface area contributed by atoms with Gasteiger partial charge < -0.3 is 9.13 Å². The molecule has 4 heteroatoms. The van der Waals surface area contributed by atoms with Gasteiger partial charge in [-0.3, -0.25) is 0 Å². The summed E-state index contributed by atoms with van der Waals surface area (Å²) >= 11 is 0. The Kier molecular flexibility index (Phi) is 6.60. The molecule has 0 radical (unpaired) electrons. The van der Waals surface area contributed by atoms with Gasteiger partial charge in [0.15, 0.2) is 5.82 Å². The number of nitrogens with zero attached hydrogens (tertiary/aromatic N) is 4. The van der Waals surface area contributed by atoms with Gasteiger partial charge in [-0.05, 0) is 94.3 Å². The standard InChI is InChI=1S/C52H32N4/c1-2-16-39(17-3-1)55-47-23-10-7-19-41(47)45-30-35-25-26-36(27-38(35)32-50(45)55)51-43-21-6-9-22-46(43)53-52(54-51)37-15-12-18-40(28-37)56-48-24-11-8-20-42(48)44-29-33-13-4-5-14-34(33)31-49(44)56/h1-32H. The van der Waals surface area contributed by atoms with Crippen LogP contribution < -0.4 is 0 Å². The second-order valence-corrected chi connectivity index (χ2v) is 14.7. The largest absolute Gasteiger partial charge is 0.309 e. The van der Waals surface area contributed by atoms with E-state index in [9.17, 15) is 0 Å². The molecule has 0 aliphatic carbocycles. The van der Waals surface area contributed by atoms with Gasteiger partial charge in [-0.1, -0.05) is 121 Å². The molecule has 0 amide bonds. The average Bonchev–Trinajstić information content (AvgIpc) is 3.76. The summed E-state index contributed by atoms with van der Waals surface area (Å²) in [4.78, 5) is 10.5. The van der Waals surface area contributed by atoms with E-state index in [-0.39, 0.29) is 0 Å². The smallest absolute Gasteiger partial charge is 0.160 e. The molecule has 0 fully saturated rings. The number of para-hydroxylation sites is 4. The van der Waals surface area contributed by atoms with Crippen molar-refractivity contribution < 1.29 is 0 Å². The Morgan fingerprint density at radius 2 is 0.875 bits per heavy atom. The molecule has 0 unspecified atom stereocenters. The highest BCUT2D eigenvalue weighted by Gasteiger charge is 2.18. The highest BCUT2D eigenvalue weighted by Crippen LogP contribution is 2.39.